The maximum Gasteiger partial charge on any atom is 0.291 e. The fourth-order valence-electron chi connectivity index (χ4n) is 6.52. The molecule has 0 aliphatic carbocycles. The van der Waals surface area contributed by atoms with Crippen LogP contribution in [0.1, 0.15) is 71.0 Å². The van der Waals surface area contributed by atoms with Crippen LogP contribution < -0.4 is 5.73 Å². The van der Waals surface area contributed by atoms with Crippen molar-refractivity contribution in [1.29, 1.82) is 0 Å². The average molecular weight is 548 g/mol. The first kappa shape index (κ1) is 25.1. The van der Waals surface area contributed by atoms with Crippen LogP contribution in [-0.4, -0.2) is 63.4 Å². The Hall–Kier alpha value is -4.93. The summed E-state index contributed by atoms with van der Waals surface area (Å²) in [6.07, 6.45) is 6.69. The molecule has 1 amide bonds. The molecule has 4 aromatic heterocycles. The minimum atomic E-state index is -0.152. The van der Waals surface area contributed by atoms with Gasteiger partial charge in [0.05, 0.1) is 23.1 Å². The van der Waals surface area contributed by atoms with Gasteiger partial charge in [-0.25, -0.2) is 9.97 Å². The number of pyridine rings is 1. The summed E-state index contributed by atoms with van der Waals surface area (Å²) >= 11 is 0. The second-order valence-electron chi connectivity index (χ2n) is 10.9. The number of rotatable bonds is 5. The van der Waals surface area contributed by atoms with Gasteiger partial charge in [-0.05, 0) is 45.6 Å². The maximum atomic E-state index is 13.3. The van der Waals surface area contributed by atoms with Crippen molar-refractivity contribution >= 4 is 23.2 Å². The normalized spacial score (nSPS) is 20.0. The molecule has 0 unspecified atom stereocenters. The second-order valence-corrected chi connectivity index (χ2v) is 10.9. The Morgan fingerprint density at radius 3 is 2.37 bits per heavy atom. The Labute approximate surface area is 235 Å². The van der Waals surface area contributed by atoms with Crippen LogP contribution in [0.5, 0.6) is 0 Å². The van der Waals surface area contributed by atoms with Gasteiger partial charge < -0.3 is 10.6 Å². The van der Waals surface area contributed by atoms with E-state index in [9.17, 15) is 9.59 Å². The fourth-order valence-corrected chi connectivity index (χ4v) is 6.52. The summed E-state index contributed by atoms with van der Waals surface area (Å²) in [5.41, 5.74) is 11.8. The lowest BCUT2D eigenvalue weighted by Crippen LogP contribution is -2.46. The number of piperidine rings is 1. The van der Waals surface area contributed by atoms with Crippen LogP contribution in [-0.2, 0) is 0 Å². The molecule has 5 aromatic rings. The average Bonchev–Trinajstić information content (AvgIpc) is 3.68. The van der Waals surface area contributed by atoms with Crippen LogP contribution in [0.2, 0.25) is 0 Å². The number of nitrogens with one attached hydrogen (secondary N) is 1. The third-order valence-corrected chi connectivity index (χ3v) is 8.36. The minimum absolute atomic E-state index is 0.0230. The number of nitrogens with two attached hydrogens (primary N) is 1. The van der Waals surface area contributed by atoms with Crippen molar-refractivity contribution in [2.24, 2.45) is 0 Å². The van der Waals surface area contributed by atoms with Gasteiger partial charge in [-0.3, -0.25) is 19.7 Å². The number of anilines is 1. The number of H-pyrrole nitrogens is 1. The second kappa shape index (κ2) is 9.61. The van der Waals surface area contributed by atoms with Gasteiger partial charge in [0.15, 0.2) is 11.4 Å². The molecule has 0 spiro atoms. The van der Waals surface area contributed by atoms with Gasteiger partial charge in [-0.15, -0.1) is 0 Å². The monoisotopic (exact) mass is 547 g/mol. The Balaban J connectivity index is 1.25. The zero-order chi connectivity index (χ0) is 28.2. The molecule has 11 heteroatoms. The van der Waals surface area contributed by atoms with Gasteiger partial charge in [0.1, 0.15) is 11.6 Å². The molecule has 7 rings (SSSR count). The van der Waals surface area contributed by atoms with Crippen LogP contribution >= 0.6 is 0 Å². The lowest BCUT2D eigenvalue weighted by Gasteiger charge is -2.38. The first-order chi connectivity index (χ1) is 19.9. The van der Waals surface area contributed by atoms with E-state index in [2.05, 4.69) is 25.3 Å². The van der Waals surface area contributed by atoms with E-state index in [4.69, 9.17) is 10.7 Å². The third kappa shape index (κ3) is 4.16. The number of nitrogens with zero attached hydrogens (tertiary/aromatic N) is 7. The van der Waals surface area contributed by atoms with Gasteiger partial charge in [0.2, 0.25) is 5.82 Å². The molecule has 11 nitrogen and oxygen atoms in total. The number of aryl methyl sites for hydroxylation is 1. The number of aromatic amines is 1. The molecule has 0 saturated carbocycles. The molecular formula is C30H29N9O2. The summed E-state index contributed by atoms with van der Waals surface area (Å²) in [7, 11) is 0. The third-order valence-electron chi connectivity index (χ3n) is 8.36. The Kier molecular flexibility index (Phi) is 5.88. The Bertz CT molecular complexity index is 1780. The highest BCUT2D eigenvalue weighted by Crippen LogP contribution is 2.45. The summed E-state index contributed by atoms with van der Waals surface area (Å²) in [6, 6.07) is 14.0. The molecule has 206 valence electrons. The Morgan fingerprint density at radius 2 is 1.73 bits per heavy atom. The number of nitrogen functional groups attached to an aromatic ring is 1. The van der Waals surface area contributed by atoms with E-state index in [1.807, 2.05) is 53.6 Å². The van der Waals surface area contributed by atoms with E-state index in [0.717, 1.165) is 35.2 Å². The first-order valence-corrected chi connectivity index (χ1v) is 13.8. The van der Waals surface area contributed by atoms with E-state index < -0.39 is 0 Å². The molecule has 2 fully saturated rings. The first-order valence-electron chi connectivity index (χ1n) is 13.8. The molecule has 3 atom stereocenters. The number of hydrogen-bond acceptors (Lipinski definition) is 8. The number of amides is 1. The van der Waals surface area contributed by atoms with E-state index in [1.165, 1.54) is 6.92 Å². The molecule has 41 heavy (non-hydrogen) atoms. The summed E-state index contributed by atoms with van der Waals surface area (Å²) in [5, 5.41) is 11.3. The topological polar surface area (TPSA) is 148 Å². The number of Topliss-reactive ketones (excluding diaryl/α,β-unsaturated/α-hetero) is 1. The smallest absolute Gasteiger partial charge is 0.291 e. The van der Waals surface area contributed by atoms with Crippen molar-refractivity contribution in [3.63, 3.8) is 0 Å². The van der Waals surface area contributed by atoms with E-state index in [-0.39, 0.29) is 41.3 Å². The van der Waals surface area contributed by atoms with Crippen molar-refractivity contribution in [3.05, 3.63) is 77.8 Å². The standard InChI is InChI=1S/C30H29N9O2/c1-16(40)25-26(20-12-21-9-10-22(13-20)38(21)30(41)28-34-17(2)36-37-28)35-29-23(15-33-39(29)27(25)31)19-8-11-24(32-14-19)18-6-4-3-5-7-18/h3-8,11,14-15,20-22H,9-10,12-13,31H2,1-2H3,(H,34,36,37)/t20-,21-,22+. The molecular weight excluding hydrogens is 518 g/mol. The summed E-state index contributed by atoms with van der Waals surface area (Å²) in [6.45, 7) is 3.26. The number of fused-ring (bicyclic) bond motifs is 3. The number of carbonyl (C=O) groups is 2. The predicted molar refractivity (Wildman–Crippen MR) is 152 cm³/mol. The van der Waals surface area contributed by atoms with Crippen LogP contribution in [0.15, 0.2) is 54.9 Å². The van der Waals surface area contributed by atoms with Crippen molar-refractivity contribution in [2.75, 3.05) is 5.73 Å². The molecule has 2 aliphatic heterocycles. The molecule has 3 N–H and O–H groups in total. The lowest BCUT2D eigenvalue weighted by molar-refractivity contribution is 0.0556. The van der Waals surface area contributed by atoms with Gasteiger partial charge in [-0.2, -0.15) is 14.7 Å². The SMILES string of the molecule is CC(=O)c1c([C@@H]2C[C@H]3CC[C@@H](C2)N3C(=O)c2nc(C)n[nH]2)nc2c(-c3ccc(-c4ccccc4)nc3)cnn2c1N. The maximum absolute atomic E-state index is 13.3. The summed E-state index contributed by atoms with van der Waals surface area (Å²) in [4.78, 5) is 42.1. The molecule has 1 aromatic carbocycles. The number of aromatic nitrogens is 7. The van der Waals surface area contributed by atoms with Crippen molar-refractivity contribution in [3.8, 4) is 22.4 Å². The van der Waals surface area contributed by atoms with E-state index >= 15 is 0 Å². The summed E-state index contributed by atoms with van der Waals surface area (Å²) in [5.74, 6) is 0.774. The number of carbonyl (C=O) groups excluding carboxylic acids is 2. The van der Waals surface area contributed by atoms with Crippen LogP contribution in [0.25, 0.3) is 28.0 Å². The zero-order valence-corrected chi connectivity index (χ0v) is 22.8. The highest BCUT2D eigenvalue weighted by atomic mass is 16.2. The van der Waals surface area contributed by atoms with Crippen LogP contribution in [0, 0.1) is 6.92 Å². The number of hydrogen-bond donors (Lipinski definition) is 2. The zero-order valence-electron chi connectivity index (χ0n) is 22.8. The molecule has 2 aliphatic rings. The van der Waals surface area contributed by atoms with Crippen molar-refractivity contribution in [2.45, 2.75) is 57.5 Å². The number of ketones is 1. The quantitative estimate of drug-likeness (QED) is 0.311. The van der Waals surface area contributed by atoms with Crippen LogP contribution in [0.3, 0.4) is 0 Å². The summed E-state index contributed by atoms with van der Waals surface area (Å²) < 4.78 is 1.54. The highest BCUT2D eigenvalue weighted by Gasteiger charge is 2.46. The molecule has 6 heterocycles. The van der Waals surface area contributed by atoms with Crippen molar-refractivity contribution in [1.82, 2.24) is 39.7 Å². The number of benzene rings is 1. The van der Waals surface area contributed by atoms with Gasteiger partial charge in [-0.1, -0.05) is 36.4 Å². The van der Waals surface area contributed by atoms with Gasteiger partial charge in [0.25, 0.3) is 5.91 Å². The highest BCUT2D eigenvalue weighted by molar-refractivity contribution is 6.00. The molecule has 2 saturated heterocycles. The molecule has 0 radical (unpaired) electrons. The van der Waals surface area contributed by atoms with Crippen LogP contribution in [0.4, 0.5) is 5.82 Å². The Morgan fingerprint density at radius 1 is 0.976 bits per heavy atom. The minimum Gasteiger partial charge on any atom is -0.383 e. The fraction of sp³-hybridized carbons (Fsp3) is 0.300. The molecule has 2 bridgehead atoms. The predicted octanol–water partition coefficient (Wildman–Crippen LogP) is 4.22. The van der Waals surface area contributed by atoms with Crippen molar-refractivity contribution < 1.29 is 9.59 Å². The van der Waals surface area contributed by atoms with Gasteiger partial charge >= 0.3 is 0 Å². The van der Waals surface area contributed by atoms with E-state index in [0.29, 0.717) is 35.6 Å². The largest absolute Gasteiger partial charge is 0.383 e. The lowest BCUT2D eigenvalue weighted by atomic mass is 9.85. The van der Waals surface area contributed by atoms with Gasteiger partial charge in [0, 0.05) is 40.9 Å². The van der Waals surface area contributed by atoms with E-state index in [1.54, 1.807) is 17.6 Å².